The zero-order valence-corrected chi connectivity index (χ0v) is 10.8. The Morgan fingerprint density at radius 2 is 2.00 bits per heavy atom. The predicted molar refractivity (Wildman–Crippen MR) is 74.2 cm³/mol. The van der Waals surface area contributed by atoms with E-state index in [1.807, 2.05) is 30.3 Å². The van der Waals surface area contributed by atoms with Gasteiger partial charge < -0.3 is 11.1 Å². The number of benzene rings is 1. The number of nitrogens with two attached hydrogens (primary N) is 1. The third-order valence-electron chi connectivity index (χ3n) is 2.50. The predicted octanol–water partition coefficient (Wildman–Crippen LogP) is 1.38. The molecule has 1 amide bonds. The topological polar surface area (TPSA) is 55.1 Å². The molecule has 17 heavy (non-hydrogen) atoms. The van der Waals surface area contributed by atoms with Crippen LogP contribution in [0, 0.1) is 0 Å². The Labute approximate surface area is 108 Å². The molecule has 1 aromatic carbocycles. The monoisotopic (exact) mass is 252 g/mol. The fourth-order valence-corrected chi connectivity index (χ4v) is 1.83. The second-order valence-electron chi connectivity index (χ2n) is 3.99. The van der Waals surface area contributed by atoms with Gasteiger partial charge in [-0.15, -0.1) is 0 Å². The molecule has 4 heteroatoms. The maximum atomic E-state index is 11.7. The van der Waals surface area contributed by atoms with E-state index in [1.165, 1.54) is 0 Å². The number of unbranched alkanes of at least 4 members (excludes halogenated alkanes) is 1. The first-order chi connectivity index (χ1) is 8.24. The molecular weight excluding hydrogens is 232 g/mol. The molecule has 0 radical (unpaired) electrons. The molecule has 0 spiro atoms. The molecular formula is C13H20N2OS. The molecule has 1 aromatic rings. The molecule has 3 N–H and O–H groups in total. The third-order valence-corrected chi connectivity index (χ3v) is 2.92. The molecule has 94 valence electrons. The van der Waals surface area contributed by atoms with Gasteiger partial charge in [-0.05, 0) is 31.4 Å². The van der Waals surface area contributed by atoms with Crippen LogP contribution in [0.3, 0.4) is 0 Å². The summed E-state index contributed by atoms with van der Waals surface area (Å²) in [5, 5.41) is 2.58. The normalized spacial score (nSPS) is 12.1. The van der Waals surface area contributed by atoms with Crippen LogP contribution in [-0.4, -0.2) is 24.2 Å². The van der Waals surface area contributed by atoms with Gasteiger partial charge in [-0.1, -0.05) is 30.3 Å². The van der Waals surface area contributed by atoms with Crippen molar-refractivity contribution in [3.63, 3.8) is 0 Å². The van der Waals surface area contributed by atoms with E-state index < -0.39 is 0 Å². The van der Waals surface area contributed by atoms with Crippen LogP contribution < -0.4 is 11.1 Å². The first-order valence-corrected chi connectivity index (χ1v) is 6.45. The van der Waals surface area contributed by atoms with Crippen LogP contribution in [-0.2, 0) is 11.2 Å². The number of hydrogen-bond acceptors (Lipinski definition) is 3. The number of rotatable bonds is 7. The molecule has 0 saturated heterocycles. The number of nitrogens with one attached hydrogen (secondary N) is 1. The van der Waals surface area contributed by atoms with Gasteiger partial charge in [0.1, 0.15) is 0 Å². The van der Waals surface area contributed by atoms with Gasteiger partial charge in [0.2, 0.25) is 5.91 Å². The van der Waals surface area contributed by atoms with Gasteiger partial charge >= 0.3 is 0 Å². The van der Waals surface area contributed by atoms with E-state index >= 15 is 0 Å². The first-order valence-electron chi connectivity index (χ1n) is 5.94. The van der Waals surface area contributed by atoms with Crippen LogP contribution in [0.15, 0.2) is 30.3 Å². The van der Waals surface area contributed by atoms with Crippen molar-refractivity contribution in [3.05, 3.63) is 35.9 Å². The SMILES string of the molecule is NCCCCNC(=O)[C@H](S)Cc1ccccc1. The summed E-state index contributed by atoms with van der Waals surface area (Å²) in [6.45, 7) is 1.35. The van der Waals surface area contributed by atoms with E-state index in [2.05, 4.69) is 17.9 Å². The van der Waals surface area contributed by atoms with Crippen LogP contribution >= 0.6 is 12.6 Å². The largest absolute Gasteiger partial charge is 0.355 e. The molecule has 0 unspecified atom stereocenters. The molecule has 0 heterocycles. The highest BCUT2D eigenvalue weighted by Gasteiger charge is 2.13. The van der Waals surface area contributed by atoms with E-state index in [-0.39, 0.29) is 11.2 Å². The van der Waals surface area contributed by atoms with Gasteiger partial charge in [0.25, 0.3) is 0 Å². The van der Waals surface area contributed by atoms with E-state index in [0.29, 0.717) is 19.5 Å². The van der Waals surface area contributed by atoms with E-state index in [9.17, 15) is 4.79 Å². The lowest BCUT2D eigenvalue weighted by molar-refractivity contribution is -0.120. The summed E-state index contributed by atoms with van der Waals surface area (Å²) >= 11 is 4.32. The highest BCUT2D eigenvalue weighted by atomic mass is 32.1. The zero-order valence-electron chi connectivity index (χ0n) is 9.93. The van der Waals surface area contributed by atoms with E-state index in [4.69, 9.17) is 5.73 Å². The first kappa shape index (κ1) is 14.1. The molecule has 3 nitrogen and oxygen atoms in total. The summed E-state index contributed by atoms with van der Waals surface area (Å²) in [5.74, 6) is -0.00536. The second kappa shape index (κ2) is 8.14. The van der Waals surface area contributed by atoms with Crippen LogP contribution in [0.1, 0.15) is 18.4 Å². The molecule has 0 aliphatic rings. The molecule has 0 aromatic heterocycles. The molecule has 1 rings (SSSR count). The van der Waals surface area contributed by atoms with Crippen molar-refractivity contribution in [2.45, 2.75) is 24.5 Å². The van der Waals surface area contributed by atoms with Crippen molar-refractivity contribution in [3.8, 4) is 0 Å². The molecule has 0 aliphatic carbocycles. The van der Waals surface area contributed by atoms with Crippen LogP contribution in [0.5, 0.6) is 0 Å². The van der Waals surface area contributed by atoms with Crippen molar-refractivity contribution in [2.24, 2.45) is 5.73 Å². The minimum atomic E-state index is -0.282. The summed E-state index contributed by atoms with van der Waals surface area (Å²) in [7, 11) is 0. The second-order valence-corrected chi connectivity index (χ2v) is 4.62. The summed E-state index contributed by atoms with van der Waals surface area (Å²) in [4.78, 5) is 11.7. The van der Waals surface area contributed by atoms with Crippen molar-refractivity contribution in [1.82, 2.24) is 5.32 Å². The quantitative estimate of drug-likeness (QED) is 0.507. The molecule has 0 fully saturated rings. The van der Waals surface area contributed by atoms with Crippen LogP contribution in [0.4, 0.5) is 0 Å². The van der Waals surface area contributed by atoms with E-state index in [1.54, 1.807) is 0 Å². The Balaban J connectivity index is 2.27. The smallest absolute Gasteiger partial charge is 0.233 e. The van der Waals surface area contributed by atoms with Crippen molar-refractivity contribution in [2.75, 3.05) is 13.1 Å². The number of carbonyl (C=O) groups excluding carboxylic acids is 1. The minimum Gasteiger partial charge on any atom is -0.355 e. The summed E-state index contributed by atoms with van der Waals surface area (Å²) in [5.41, 5.74) is 6.51. The standard InChI is InChI=1S/C13H20N2OS/c14-8-4-5-9-15-13(16)12(17)10-11-6-2-1-3-7-11/h1-3,6-7,12,17H,4-5,8-10,14H2,(H,15,16)/t12-/m1/s1. The third kappa shape index (κ3) is 5.75. The lowest BCUT2D eigenvalue weighted by Gasteiger charge is -2.11. The lowest BCUT2D eigenvalue weighted by Crippen LogP contribution is -2.33. The fourth-order valence-electron chi connectivity index (χ4n) is 1.53. The average Bonchev–Trinajstić information content (AvgIpc) is 2.35. The Morgan fingerprint density at radius 1 is 1.29 bits per heavy atom. The molecule has 0 bridgehead atoms. The van der Waals surface area contributed by atoms with Gasteiger partial charge in [-0.25, -0.2) is 0 Å². The van der Waals surface area contributed by atoms with Crippen LogP contribution in [0.2, 0.25) is 0 Å². The Kier molecular flexibility index (Phi) is 6.74. The lowest BCUT2D eigenvalue weighted by atomic mass is 10.1. The van der Waals surface area contributed by atoms with Gasteiger partial charge in [0.15, 0.2) is 0 Å². The molecule has 0 saturated carbocycles. The maximum Gasteiger partial charge on any atom is 0.233 e. The van der Waals surface area contributed by atoms with Gasteiger partial charge in [-0.3, -0.25) is 4.79 Å². The zero-order chi connectivity index (χ0) is 12.5. The van der Waals surface area contributed by atoms with Crippen molar-refractivity contribution < 1.29 is 4.79 Å². The summed E-state index contributed by atoms with van der Waals surface area (Å²) in [6, 6.07) is 9.91. The average molecular weight is 252 g/mol. The number of carbonyl (C=O) groups is 1. The Bertz CT molecular complexity index is 329. The van der Waals surface area contributed by atoms with Crippen molar-refractivity contribution >= 4 is 18.5 Å². The Morgan fingerprint density at radius 3 is 2.65 bits per heavy atom. The summed E-state index contributed by atoms with van der Waals surface area (Å²) < 4.78 is 0. The van der Waals surface area contributed by atoms with Crippen molar-refractivity contribution in [1.29, 1.82) is 0 Å². The van der Waals surface area contributed by atoms with Gasteiger partial charge in [-0.2, -0.15) is 12.6 Å². The van der Waals surface area contributed by atoms with Gasteiger partial charge in [0, 0.05) is 6.54 Å². The fraction of sp³-hybridized carbons (Fsp3) is 0.462. The molecule has 0 aliphatic heterocycles. The highest BCUT2D eigenvalue weighted by Crippen LogP contribution is 2.07. The van der Waals surface area contributed by atoms with E-state index in [0.717, 1.165) is 18.4 Å². The minimum absolute atomic E-state index is 0.00536. The molecule has 1 atom stereocenters. The van der Waals surface area contributed by atoms with Crippen LogP contribution in [0.25, 0.3) is 0 Å². The number of thiol groups is 1. The van der Waals surface area contributed by atoms with Gasteiger partial charge in [0.05, 0.1) is 5.25 Å². The Hall–Kier alpha value is -1.00. The summed E-state index contributed by atoms with van der Waals surface area (Å²) in [6.07, 6.45) is 2.52. The highest BCUT2D eigenvalue weighted by molar-refractivity contribution is 7.81. The maximum absolute atomic E-state index is 11.7. The number of amides is 1. The number of hydrogen-bond donors (Lipinski definition) is 3.